The largest absolute Gasteiger partial charge is 0.294 e. The number of carbonyl (C=O) groups is 1. The Morgan fingerprint density at radius 3 is 2.35 bits per heavy atom. The summed E-state index contributed by atoms with van der Waals surface area (Å²) in [6.07, 6.45) is 6.43. The summed E-state index contributed by atoms with van der Waals surface area (Å²) in [7, 11) is 0. The average Bonchev–Trinajstić information content (AvgIpc) is 2.43. The summed E-state index contributed by atoms with van der Waals surface area (Å²) >= 11 is 0. The van der Waals surface area contributed by atoms with Crippen molar-refractivity contribution in [2.24, 2.45) is 5.92 Å². The Kier molecular flexibility index (Phi) is 4.90. The summed E-state index contributed by atoms with van der Waals surface area (Å²) in [5.41, 5.74) is 0.299. The second kappa shape index (κ2) is 6.47. The van der Waals surface area contributed by atoms with Crippen molar-refractivity contribution < 1.29 is 13.6 Å². The van der Waals surface area contributed by atoms with Crippen LogP contribution in [0.1, 0.15) is 74.2 Å². The predicted octanol–water partition coefficient (Wildman–Crippen LogP) is 5.24. The van der Waals surface area contributed by atoms with E-state index < -0.39 is 17.4 Å². The second-order valence-corrected chi connectivity index (χ2v) is 5.89. The van der Waals surface area contributed by atoms with Gasteiger partial charge in [-0.25, -0.2) is 8.78 Å². The first kappa shape index (κ1) is 15.1. The van der Waals surface area contributed by atoms with Gasteiger partial charge in [-0.1, -0.05) is 25.8 Å². The van der Waals surface area contributed by atoms with E-state index >= 15 is 0 Å². The molecule has 1 aromatic carbocycles. The average molecular weight is 280 g/mol. The van der Waals surface area contributed by atoms with Crippen LogP contribution < -0.4 is 0 Å². The van der Waals surface area contributed by atoms with Gasteiger partial charge in [-0.2, -0.15) is 0 Å². The Balaban J connectivity index is 2.15. The van der Waals surface area contributed by atoms with E-state index in [0.29, 0.717) is 5.56 Å². The van der Waals surface area contributed by atoms with Gasteiger partial charge >= 0.3 is 0 Å². The lowest BCUT2D eigenvalue weighted by Crippen LogP contribution is -2.15. The zero-order valence-corrected chi connectivity index (χ0v) is 12.2. The highest BCUT2D eigenvalue weighted by Crippen LogP contribution is 2.39. The molecule has 0 heterocycles. The molecule has 1 aromatic rings. The van der Waals surface area contributed by atoms with E-state index in [0.717, 1.165) is 31.6 Å². The Bertz CT molecular complexity index is 488. The molecule has 0 bridgehead atoms. The molecule has 1 fully saturated rings. The van der Waals surface area contributed by atoms with Crippen LogP contribution in [0.25, 0.3) is 0 Å². The number of ketones is 1. The quantitative estimate of drug-likeness (QED) is 0.689. The third kappa shape index (κ3) is 3.08. The van der Waals surface area contributed by atoms with Crippen molar-refractivity contribution in [3.8, 4) is 0 Å². The summed E-state index contributed by atoms with van der Waals surface area (Å²) in [6, 6.07) is 3.02. The zero-order chi connectivity index (χ0) is 14.7. The van der Waals surface area contributed by atoms with Gasteiger partial charge in [0.1, 0.15) is 0 Å². The molecular weight excluding hydrogens is 258 g/mol. The molecule has 0 amide bonds. The van der Waals surface area contributed by atoms with Gasteiger partial charge in [-0.05, 0) is 56.1 Å². The standard InChI is InChI=1S/C17H22F2O/c1-3-4-12-5-7-13(8-6-12)15-10-9-14(11(2)20)16(18)17(15)19/h9-10,12-13H,3-8H2,1-2H3. The molecule has 0 N–H and O–H groups in total. The number of halogens is 2. The molecule has 0 spiro atoms. The maximum Gasteiger partial charge on any atom is 0.169 e. The first-order valence-electron chi connectivity index (χ1n) is 7.53. The maximum atomic E-state index is 14.1. The molecule has 0 saturated heterocycles. The fraction of sp³-hybridized carbons (Fsp3) is 0.588. The van der Waals surface area contributed by atoms with Crippen molar-refractivity contribution in [1.29, 1.82) is 0 Å². The molecule has 20 heavy (non-hydrogen) atoms. The molecular formula is C17H22F2O. The Hall–Kier alpha value is -1.25. The number of Topliss-reactive ketones (excluding diaryl/α,β-unsaturated/α-hetero) is 1. The van der Waals surface area contributed by atoms with Crippen LogP contribution in [-0.4, -0.2) is 5.78 Å². The first-order valence-corrected chi connectivity index (χ1v) is 7.53. The van der Waals surface area contributed by atoms with Crippen LogP contribution in [0.4, 0.5) is 8.78 Å². The van der Waals surface area contributed by atoms with Gasteiger partial charge in [0.25, 0.3) is 0 Å². The van der Waals surface area contributed by atoms with E-state index in [1.807, 2.05) is 0 Å². The number of benzene rings is 1. The van der Waals surface area contributed by atoms with Crippen LogP contribution >= 0.6 is 0 Å². The smallest absolute Gasteiger partial charge is 0.169 e. The SMILES string of the molecule is CCCC1CCC(c2ccc(C(C)=O)c(F)c2F)CC1. The molecule has 110 valence electrons. The zero-order valence-electron chi connectivity index (χ0n) is 12.2. The van der Waals surface area contributed by atoms with Gasteiger partial charge in [-0.3, -0.25) is 4.79 Å². The lowest BCUT2D eigenvalue weighted by molar-refractivity contribution is 0.101. The molecule has 0 unspecified atom stereocenters. The predicted molar refractivity (Wildman–Crippen MR) is 76.0 cm³/mol. The molecule has 1 nitrogen and oxygen atoms in total. The van der Waals surface area contributed by atoms with E-state index in [1.165, 1.54) is 25.8 Å². The van der Waals surface area contributed by atoms with Crippen LogP contribution in [0.2, 0.25) is 0 Å². The van der Waals surface area contributed by atoms with Gasteiger partial charge in [0, 0.05) is 0 Å². The van der Waals surface area contributed by atoms with Crippen LogP contribution in [-0.2, 0) is 0 Å². The molecule has 1 aliphatic rings. The number of hydrogen-bond donors (Lipinski definition) is 0. The minimum absolute atomic E-state index is 0.0959. The maximum absolute atomic E-state index is 14.1. The molecule has 1 aliphatic carbocycles. The summed E-state index contributed by atoms with van der Waals surface area (Å²) in [6.45, 7) is 3.44. The van der Waals surface area contributed by atoms with Crippen LogP contribution in [0.15, 0.2) is 12.1 Å². The van der Waals surface area contributed by atoms with Crippen molar-refractivity contribution in [3.63, 3.8) is 0 Å². The lowest BCUT2D eigenvalue weighted by atomic mass is 9.77. The number of rotatable bonds is 4. The molecule has 0 aromatic heterocycles. The molecule has 1 saturated carbocycles. The van der Waals surface area contributed by atoms with E-state index in [2.05, 4.69) is 6.92 Å². The lowest BCUT2D eigenvalue weighted by Gasteiger charge is -2.29. The highest BCUT2D eigenvalue weighted by molar-refractivity contribution is 5.94. The van der Waals surface area contributed by atoms with E-state index in [-0.39, 0.29) is 11.5 Å². The van der Waals surface area contributed by atoms with Crippen LogP contribution in [0, 0.1) is 17.6 Å². The van der Waals surface area contributed by atoms with Gasteiger partial charge in [0.2, 0.25) is 0 Å². The Labute approximate surface area is 119 Å². The summed E-state index contributed by atoms with van der Waals surface area (Å²) in [5, 5.41) is 0. The topological polar surface area (TPSA) is 17.1 Å². The third-order valence-corrected chi connectivity index (χ3v) is 4.47. The van der Waals surface area contributed by atoms with Crippen molar-refractivity contribution in [2.45, 2.75) is 58.3 Å². The normalized spacial score (nSPS) is 22.8. The number of carbonyl (C=O) groups excluding carboxylic acids is 1. The van der Waals surface area contributed by atoms with Gasteiger partial charge in [0.05, 0.1) is 5.56 Å². The van der Waals surface area contributed by atoms with Gasteiger partial charge in [-0.15, -0.1) is 0 Å². The molecule has 2 rings (SSSR count). The summed E-state index contributed by atoms with van der Waals surface area (Å²) in [4.78, 5) is 11.2. The van der Waals surface area contributed by atoms with Gasteiger partial charge < -0.3 is 0 Å². The Morgan fingerprint density at radius 1 is 1.15 bits per heavy atom. The highest BCUT2D eigenvalue weighted by atomic mass is 19.2. The van der Waals surface area contributed by atoms with Crippen molar-refractivity contribution >= 4 is 5.78 Å². The molecule has 0 radical (unpaired) electrons. The van der Waals surface area contributed by atoms with Crippen LogP contribution in [0.5, 0.6) is 0 Å². The number of hydrogen-bond acceptors (Lipinski definition) is 1. The van der Waals surface area contributed by atoms with E-state index in [4.69, 9.17) is 0 Å². The molecule has 0 atom stereocenters. The van der Waals surface area contributed by atoms with Gasteiger partial charge in [0.15, 0.2) is 17.4 Å². The van der Waals surface area contributed by atoms with Crippen molar-refractivity contribution in [3.05, 3.63) is 34.9 Å². The fourth-order valence-electron chi connectivity index (χ4n) is 3.32. The highest BCUT2D eigenvalue weighted by Gasteiger charge is 2.26. The second-order valence-electron chi connectivity index (χ2n) is 5.89. The van der Waals surface area contributed by atoms with E-state index in [1.54, 1.807) is 6.07 Å². The Morgan fingerprint density at radius 2 is 1.80 bits per heavy atom. The van der Waals surface area contributed by atoms with Crippen LogP contribution in [0.3, 0.4) is 0 Å². The monoisotopic (exact) mass is 280 g/mol. The molecule has 3 heteroatoms. The third-order valence-electron chi connectivity index (χ3n) is 4.47. The minimum atomic E-state index is -0.981. The first-order chi connectivity index (χ1) is 9.54. The van der Waals surface area contributed by atoms with Crippen molar-refractivity contribution in [1.82, 2.24) is 0 Å². The summed E-state index contributed by atoms with van der Waals surface area (Å²) < 4.78 is 28.0. The summed E-state index contributed by atoms with van der Waals surface area (Å²) in [5.74, 6) is -1.40. The van der Waals surface area contributed by atoms with E-state index in [9.17, 15) is 13.6 Å². The fourth-order valence-corrected chi connectivity index (χ4v) is 3.32. The van der Waals surface area contributed by atoms with Crippen molar-refractivity contribution in [2.75, 3.05) is 0 Å². The molecule has 0 aliphatic heterocycles. The minimum Gasteiger partial charge on any atom is -0.294 e.